The Balaban J connectivity index is 1.55. The highest BCUT2D eigenvalue weighted by Crippen LogP contribution is 2.29. The van der Waals surface area contributed by atoms with E-state index in [1.165, 1.54) is 22.9 Å². The Morgan fingerprint density at radius 1 is 1.21 bits per heavy atom. The molecule has 0 unspecified atom stereocenters. The lowest BCUT2D eigenvalue weighted by atomic mass is 10.1. The molecule has 5 rings (SSSR count). The minimum Gasteiger partial charge on any atom is -0.353 e. The maximum Gasteiger partial charge on any atom is 0.259 e. The van der Waals surface area contributed by atoms with Crippen molar-refractivity contribution >= 4 is 34.0 Å². The summed E-state index contributed by atoms with van der Waals surface area (Å²) in [5.74, 6) is -0.334. The van der Waals surface area contributed by atoms with Gasteiger partial charge in [0.15, 0.2) is 11.5 Å². The van der Waals surface area contributed by atoms with E-state index in [9.17, 15) is 14.4 Å². The molecule has 0 spiro atoms. The first-order chi connectivity index (χ1) is 16.3. The van der Waals surface area contributed by atoms with Crippen molar-refractivity contribution in [2.45, 2.75) is 32.9 Å². The number of nitrogens with one attached hydrogen (secondary N) is 2. The average molecular weight is 459 g/mol. The number of anilines is 2. The number of nitrogens with zero attached hydrogens (tertiary/aromatic N) is 6. The average Bonchev–Trinajstić information content (AvgIpc) is 3.18. The van der Waals surface area contributed by atoms with Crippen LogP contribution in [0.3, 0.4) is 0 Å². The van der Waals surface area contributed by atoms with Crippen LogP contribution in [0.15, 0.2) is 36.9 Å². The number of hydrogen-bond donors (Lipinski definition) is 2. The predicted molar refractivity (Wildman–Crippen MR) is 126 cm³/mol. The number of imidazole rings is 1. The molecular formula is C24H23FN8O. The summed E-state index contributed by atoms with van der Waals surface area (Å²) in [5, 5.41) is 16.3. The quantitative estimate of drug-likeness (QED) is 0.485. The summed E-state index contributed by atoms with van der Waals surface area (Å²) in [5.41, 5.74) is 2.19. The molecule has 9 nitrogen and oxygen atoms in total. The number of hydrogen-bond acceptors (Lipinski definition) is 7. The second-order valence-electron chi connectivity index (χ2n) is 8.75. The van der Waals surface area contributed by atoms with Crippen molar-refractivity contribution in [3.63, 3.8) is 0 Å². The molecule has 0 saturated carbocycles. The number of carbonyl (C=O) groups is 1. The lowest BCUT2D eigenvalue weighted by Crippen LogP contribution is -2.54. The van der Waals surface area contributed by atoms with E-state index >= 15 is 0 Å². The van der Waals surface area contributed by atoms with E-state index in [-0.39, 0.29) is 29.0 Å². The van der Waals surface area contributed by atoms with Crippen LogP contribution < -0.4 is 15.5 Å². The standard InChI is InChI=1S/C24H23FN8O/c1-13-9-32(10-14(2)29-13)22-18-4-16(6-26)7-27-21(18)19(8-28-22)24(34)31-17-5-20(25)23-30-15(3)11-33(23)12-17/h4-5,7-8,11-14,29H,9-10H2,1-3H3,(H,31,34)/t13-,14-/m0/s1. The van der Waals surface area contributed by atoms with Crippen molar-refractivity contribution in [1.82, 2.24) is 24.7 Å². The number of pyridine rings is 3. The Morgan fingerprint density at radius 3 is 2.71 bits per heavy atom. The number of fused-ring (bicyclic) bond motifs is 2. The zero-order chi connectivity index (χ0) is 24.0. The number of halogens is 1. The number of piperazine rings is 1. The third-order valence-corrected chi connectivity index (χ3v) is 5.82. The fourth-order valence-electron chi connectivity index (χ4n) is 4.53. The molecule has 1 amide bonds. The van der Waals surface area contributed by atoms with Crippen LogP contribution in [-0.4, -0.2) is 50.4 Å². The molecule has 4 aromatic heterocycles. The zero-order valence-corrected chi connectivity index (χ0v) is 19.0. The van der Waals surface area contributed by atoms with Crippen molar-refractivity contribution in [2.24, 2.45) is 0 Å². The van der Waals surface area contributed by atoms with Crippen molar-refractivity contribution in [1.29, 1.82) is 5.26 Å². The molecule has 4 aromatic rings. The highest BCUT2D eigenvalue weighted by molar-refractivity contribution is 6.13. The molecule has 5 heterocycles. The van der Waals surface area contributed by atoms with Crippen LogP contribution in [0.5, 0.6) is 0 Å². The van der Waals surface area contributed by atoms with Crippen molar-refractivity contribution in [3.05, 3.63) is 59.6 Å². The van der Waals surface area contributed by atoms with Gasteiger partial charge >= 0.3 is 0 Å². The van der Waals surface area contributed by atoms with Crippen molar-refractivity contribution < 1.29 is 9.18 Å². The number of rotatable bonds is 3. The molecule has 1 aliphatic heterocycles. The minimum absolute atomic E-state index is 0.192. The maximum atomic E-state index is 14.5. The van der Waals surface area contributed by atoms with Gasteiger partial charge in [0, 0.05) is 61.4 Å². The van der Waals surface area contributed by atoms with E-state index in [4.69, 9.17) is 0 Å². The lowest BCUT2D eigenvalue weighted by molar-refractivity contribution is 0.102. The topological polar surface area (TPSA) is 111 Å². The Morgan fingerprint density at radius 2 is 1.97 bits per heavy atom. The van der Waals surface area contributed by atoms with E-state index in [0.717, 1.165) is 13.1 Å². The molecule has 1 aliphatic rings. The van der Waals surface area contributed by atoms with Crippen LogP contribution in [0.4, 0.5) is 15.9 Å². The smallest absolute Gasteiger partial charge is 0.259 e. The van der Waals surface area contributed by atoms with Crippen LogP contribution in [0.2, 0.25) is 0 Å². The van der Waals surface area contributed by atoms with Gasteiger partial charge in [0.1, 0.15) is 11.9 Å². The summed E-state index contributed by atoms with van der Waals surface area (Å²) in [6, 6.07) is 5.56. The molecule has 0 aliphatic carbocycles. The van der Waals surface area contributed by atoms with Crippen molar-refractivity contribution in [3.8, 4) is 6.07 Å². The van der Waals surface area contributed by atoms with E-state index in [0.29, 0.717) is 28.0 Å². The first-order valence-electron chi connectivity index (χ1n) is 11.0. The summed E-state index contributed by atoms with van der Waals surface area (Å²) in [4.78, 5) is 28.5. The highest BCUT2D eigenvalue weighted by atomic mass is 19.1. The Bertz CT molecular complexity index is 1460. The molecule has 2 atom stereocenters. The second-order valence-corrected chi connectivity index (χ2v) is 8.75. The fourth-order valence-corrected chi connectivity index (χ4v) is 4.53. The largest absolute Gasteiger partial charge is 0.353 e. The normalized spacial score (nSPS) is 18.3. The molecule has 0 radical (unpaired) electrons. The Labute approximate surface area is 195 Å². The van der Waals surface area contributed by atoms with Crippen LogP contribution in [0.1, 0.15) is 35.5 Å². The Kier molecular flexibility index (Phi) is 5.34. The van der Waals surface area contributed by atoms with Gasteiger partial charge in [-0.25, -0.2) is 14.4 Å². The van der Waals surface area contributed by atoms with Gasteiger partial charge in [0.2, 0.25) is 0 Å². The van der Waals surface area contributed by atoms with Gasteiger partial charge in [0.05, 0.1) is 28.0 Å². The summed E-state index contributed by atoms with van der Waals surface area (Å²) in [6.45, 7) is 7.44. The molecular weight excluding hydrogens is 435 g/mol. The third kappa shape index (κ3) is 3.91. The van der Waals surface area contributed by atoms with Crippen LogP contribution in [0.25, 0.3) is 16.6 Å². The molecule has 0 aromatic carbocycles. The van der Waals surface area contributed by atoms with Crippen LogP contribution in [0, 0.1) is 24.1 Å². The van der Waals surface area contributed by atoms with Gasteiger partial charge in [-0.15, -0.1) is 0 Å². The van der Waals surface area contributed by atoms with E-state index in [1.54, 1.807) is 25.4 Å². The molecule has 1 fully saturated rings. The first kappa shape index (κ1) is 21.7. The number of aryl methyl sites for hydroxylation is 1. The fraction of sp³-hybridized carbons (Fsp3) is 0.292. The lowest BCUT2D eigenvalue weighted by Gasteiger charge is -2.37. The first-order valence-corrected chi connectivity index (χ1v) is 11.0. The number of aromatic nitrogens is 4. The van der Waals surface area contributed by atoms with Gasteiger partial charge in [-0.1, -0.05) is 0 Å². The molecule has 0 bridgehead atoms. The second kappa shape index (κ2) is 8.35. The number of amides is 1. The van der Waals surface area contributed by atoms with E-state index in [2.05, 4.69) is 50.4 Å². The van der Waals surface area contributed by atoms with Crippen LogP contribution in [-0.2, 0) is 0 Å². The summed E-state index contributed by atoms with van der Waals surface area (Å²) < 4.78 is 16.0. The molecule has 10 heteroatoms. The van der Waals surface area contributed by atoms with Gasteiger partial charge in [-0.3, -0.25) is 9.78 Å². The van der Waals surface area contributed by atoms with Gasteiger partial charge in [-0.2, -0.15) is 5.26 Å². The van der Waals surface area contributed by atoms with Gasteiger partial charge in [-0.05, 0) is 26.8 Å². The minimum atomic E-state index is -0.539. The highest BCUT2D eigenvalue weighted by Gasteiger charge is 2.25. The van der Waals surface area contributed by atoms with E-state index in [1.807, 2.05) is 0 Å². The number of carbonyl (C=O) groups excluding carboxylic acids is 1. The Hall–Kier alpha value is -4.10. The molecule has 1 saturated heterocycles. The van der Waals surface area contributed by atoms with Gasteiger partial charge < -0.3 is 19.9 Å². The molecule has 34 heavy (non-hydrogen) atoms. The zero-order valence-electron chi connectivity index (χ0n) is 19.0. The van der Waals surface area contributed by atoms with Crippen molar-refractivity contribution in [2.75, 3.05) is 23.3 Å². The summed E-state index contributed by atoms with van der Waals surface area (Å²) in [6.07, 6.45) is 6.21. The molecule has 2 N–H and O–H groups in total. The summed E-state index contributed by atoms with van der Waals surface area (Å²) >= 11 is 0. The monoisotopic (exact) mass is 458 g/mol. The summed E-state index contributed by atoms with van der Waals surface area (Å²) in [7, 11) is 0. The third-order valence-electron chi connectivity index (χ3n) is 5.82. The number of nitriles is 1. The van der Waals surface area contributed by atoms with Gasteiger partial charge in [0.25, 0.3) is 5.91 Å². The molecule has 172 valence electrons. The van der Waals surface area contributed by atoms with Crippen LogP contribution >= 0.6 is 0 Å². The maximum absolute atomic E-state index is 14.5. The van der Waals surface area contributed by atoms with E-state index < -0.39 is 11.7 Å². The SMILES string of the molecule is Cc1cn2cc(NC(=O)c3cnc(N4C[C@H](C)N[C@@H](C)C4)c4cc(C#N)cnc34)cc(F)c2n1. The predicted octanol–water partition coefficient (Wildman–Crippen LogP) is 3.04.